The zero-order chi connectivity index (χ0) is 19.1. The summed E-state index contributed by atoms with van der Waals surface area (Å²) in [5.41, 5.74) is 8.06. The van der Waals surface area contributed by atoms with Crippen molar-refractivity contribution in [2.24, 2.45) is 0 Å². The molecule has 0 saturated carbocycles. The van der Waals surface area contributed by atoms with Crippen LogP contribution in [0.4, 0.5) is 5.69 Å². The summed E-state index contributed by atoms with van der Waals surface area (Å²) < 4.78 is 1.96. The molecule has 0 fully saturated rings. The third-order valence-corrected chi connectivity index (χ3v) is 5.45. The highest BCUT2D eigenvalue weighted by Gasteiger charge is 2.25. The molecule has 1 aromatic heterocycles. The molecule has 3 aromatic rings. The van der Waals surface area contributed by atoms with E-state index in [9.17, 15) is 4.79 Å². The summed E-state index contributed by atoms with van der Waals surface area (Å²) in [6.45, 7) is 1.18. The lowest BCUT2D eigenvalue weighted by atomic mass is 10.0. The van der Waals surface area contributed by atoms with Gasteiger partial charge < -0.3 is 10.3 Å². The van der Waals surface area contributed by atoms with Crippen LogP contribution in [0.5, 0.6) is 0 Å². The topological polar surface area (TPSA) is 53.4 Å². The number of aromatic nitrogens is 2. The Morgan fingerprint density at radius 2 is 1.89 bits per heavy atom. The van der Waals surface area contributed by atoms with Crippen molar-refractivity contribution in [2.75, 3.05) is 11.9 Å². The number of rotatable bonds is 2. The first kappa shape index (κ1) is 16.8. The molecule has 1 unspecified atom stereocenters. The van der Waals surface area contributed by atoms with E-state index in [4.69, 9.17) is 0 Å². The van der Waals surface area contributed by atoms with E-state index < -0.39 is 0 Å². The predicted molar refractivity (Wildman–Crippen MR) is 108 cm³/mol. The van der Waals surface area contributed by atoms with E-state index in [2.05, 4.69) is 22.7 Å². The van der Waals surface area contributed by atoms with Gasteiger partial charge in [-0.05, 0) is 41.5 Å². The van der Waals surface area contributed by atoms with Crippen LogP contribution in [0.3, 0.4) is 0 Å². The fraction of sp³-hybridized carbons (Fsp3) is 0.182. The number of likely N-dealkylation sites (N-methyl/N-ethyl adjacent to an activating group) is 1. The molecule has 5 rings (SSSR count). The second kappa shape index (κ2) is 6.65. The smallest absolute Gasteiger partial charge is 0.258 e. The van der Waals surface area contributed by atoms with Crippen LogP contribution in [0.1, 0.15) is 33.2 Å². The number of fused-ring (bicyclic) bond motifs is 2. The minimum atomic E-state index is 0.00194. The maximum absolute atomic E-state index is 13.4. The maximum atomic E-state index is 13.4. The molecular weight excluding hydrogens is 350 g/mol. The van der Waals surface area contributed by atoms with Crippen molar-refractivity contribution in [3.05, 3.63) is 95.5 Å². The van der Waals surface area contributed by atoms with Gasteiger partial charge in [-0.1, -0.05) is 30.3 Å². The first-order valence-corrected chi connectivity index (χ1v) is 9.37. The normalized spacial score (nSPS) is 18.3. The summed E-state index contributed by atoms with van der Waals surface area (Å²) in [5.74, 6) is 0.00194. The van der Waals surface area contributed by atoms with Gasteiger partial charge in [-0.2, -0.15) is 5.10 Å². The van der Waals surface area contributed by atoms with E-state index in [-0.39, 0.29) is 11.9 Å². The number of hydrazine groups is 1. The molecule has 6 nitrogen and oxygen atoms in total. The van der Waals surface area contributed by atoms with E-state index in [1.54, 1.807) is 6.20 Å². The molecule has 0 aliphatic carbocycles. The summed E-state index contributed by atoms with van der Waals surface area (Å²) in [7, 11) is 2.00. The Kier molecular flexibility index (Phi) is 3.98. The lowest BCUT2D eigenvalue weighted by Gasteiger charge is -2.23. The molecule has 0 bridgehead atoms. The van der Waals surface area contributed by atoms with E-state index in [0.717, 1.165) is 22.5 Å². The van der Waals surface area contributed by atoms with Gasteiger partial charge in [-0.3, -0.25) is 9.48 Å². The second-order valence-electron chi connectivity index (χ2n) is 7.17. The fourth-order valence-corrected chi connectivity index (χ4v) is 3.91. The SMILES string of the molecule is CN1NC=CC1c1ccc(C(=O)N2Cc3ccnn3Cc3ccccc32)cc1. The number of hydrogen-bond donors (Lipinski definition) is 1. The zero-order valence-electron chi connectivity index (χ0n) is 15.6. The van der Waals surface area contributed by atoms with Gasteiger partial charge in [-0.15, -0.1) is 0 Å². The number of carbonyl (C=O) groups is 1. The summed E-state index contributed by atoms with van der Waals surface area (Å²) >= 11 is 0. The largest absolute Gasteiger partial charge is 0.326 e. The summed E-state index contributed by atoms with van der Waals surface area (Å²) in [6.07, 6.45) is 5.82. The van der Waals surface area contributed by atoms with Gasteiger partial charge in [0.05, 0.1) is 24.8 Å². The number of amides is 1. The molecule has 2 aliphatic heterocycles. The third kappa shape index (κ3) is 2.78. The van der Waals surface area contributed by atoms with Gasteiger partial charge in [0.25, 0.3) is 5.91 Å². The highest BCUT2D eigenvalue weighted by molar-refractivity contribution is 6.06. The number of anilines is 1. The van der Waals surface area contributed by atoms with Gasteiger partial charge in [0.15, 0.2) is 0 Å². The average molecular weight is 371 g/mol. The minimum Gasteiger partial charge on any atom is -0.326 e. The van der Waals surface area contributed by atoms with Gasteiger partial charge >= 0.3 is 0 Å². The van der Waals surface area contributed by atoms with E-state index in [0.29, 0.717) is 18.7 Å². The van der Waals surface area contributed by atoms with Crippen LogP contribution in [0.2, 0.25) is 0 Å². The van der Waals surface area contributed by atoms with Crippen molar-refractivity contribution in [2.45, 2.75) is 19.1 Å². The number of hydrogen-bond acceptors (Lipinski definition) is 4. The first-order chi connectivity index (χ1) is 13.7. The monoisotopic (exact) mass is 371 g/mol. The van der Waals surface area contributed by atoms with E-state index in [1.165, 1.54) is 0 Å². The quantitative estimate of drug-likeness (QED) is 0.752. The lowest BCUT2D eigenvalue weighted by molar-refractivity contribution is 0.0985. The van der Waals surface area contributed by atoms with Crippen LogP contribution in [-0.4, -0.2) is 27.7 Å². The highest BCUT2D eigenvalue weighted by Crippen LogP contribution is 2.29. The van der Waals surface area contributed by atoms with Crippen LogP contribution in [0.25, 0.3) is 0 Å². The number of benzene rings is 2. The molecule has 0 radical (unpaired) electrons. The molecule has 1 atom stereocenters. The molecule has 0 spiro atoms. The van der Waals surface area contributed by atoms with Gasteiger partial charge in [0.1, 0.15) is 0 Å². The van der Waals surface area contributed by atoms with Gasteiger partial charge in [0.2, 0.25) is 0 Å². The molecule has 2 aromatic carbocycles. The Balaban J connectivity index is 1.48. The van der Waals surface area contributed by atoms with Crippen molar-refractivity contribution >= 4 is 11.6 Å². The molecule has 1 amide bonds. The molecule has 28 heavy (non-hydrogen) atoms. The zero-order valence-corrected chi connectivity index (χ0v) is 15.6. The maximum Gasteiger partial charge on any atom is 0.258 e. The van der Waals surface area contributed by atoms with Crippen molar-refractivity contribution in [1.82, 2.24) is 20.2 Å². The van der Waals surface area contributed by atoms with Gasteiger partial charge in [-0.25, -0.2) is 5.01 Å². The Morgan fingerprint density at radius 1 is 1.07 bits per heavy atom. The van der Waals surface area contributed by atoms with Crippen LogP contribution < -0.4 is 10.3 Å². The van der Waals surface area contributed by atoms with Crippen molar-refractivity contribution in [3.63, 3.8) is 0 Å². The van der Waals surface area contributed by atoms with Crippen LogP contribution in [0, 0.1) is 0 Å². The Labute approximate surface area is 163 Å². The van der Waals surface area contributed by atoms with Crippen molar-refractivity contribution in [1.29, 1.82) is 0 Å². The molecule has 0 saturated heterocycles. The predicted octanol–water partition coefficient (Wildman–Crippen LogP) is 3.10. The summed E-state index contributed by atoms with van der Waals surface area (Å²) in [6, 6.07) is 18.1. The first-order valence-electron chi connectivity index (χ1n) is 9.37. The number of carbonyl (C=O) groups excluding carboxylic acids is 1. The van der Waals surface area contributed by atoms with Crippen molar-refractivity contribution in [3.8, 4) is 0 Å². The molecule has 3 heterocycles. The van der Waals surface area contributed by atoms with Crippen molar-refractivity contribution < 1.29 is 4.79 Å². The molecular formula is C22H21N5O. The minimum absolute atomic E-state index is 0.00194. The Morgan fingerprint density at radius 3 is 2.68 bits per heavy atom. The Hall–Kier alpha value is -3.38. The number of nitrogens with one attached hydrogen (secondary N) is 1. The fourth-order valence-electron chi connectivity index (χ4n) is 3.91. The highest BCUT2D eigenvalue weighted by atomic mass is 16.2. The molecule has 140 valence electrons. The number of para-hydroxylation sites is 1. The van der Waals surface area contributed by atoms with Crippen LogP contribution in [0.15, 0.2) is 73.1 Å². The molecule has 2 aliphatic rings. The molecule has 1 N–H and O–H groups in total. The number of nitrogens with zero attached hydrogens (tertiary/aromatic N) is 4. The van der Waals surface area contributed by atoms with E-state index >= 15 is 0 Å². The van der Waals surface area contributed by atoms with E-state index in [1.807, 2.05) is 76.4 Å². The lowest BCUT2D eigenvalue weighted by Crippen LogP contribution is -2.31. The molecule has 6 heteroatoms. The summed E-state index contributed by atoms with van der Waals surface area (Å²) in [4.78, 5) is 15.3. The third-order valence-electron chi connectivity index (χ3n) is 5.45. The Bertz CT molecular complexity index is 1050. The summed E-state index contributed by atoms with van der Waals surface area (Å²) in [5, 5.41) is 6.44. The standard InChI is InChI=1S/C22H21N5O/c1-25-20(11-13-23-25)16-6-8-17(9-7-16)22(28)26-15-19-10-12-24-27(19)14-18-4-2-3-5-21(18)26/h2-13,20,23H,14-15H2,1H3. The van der Waals surface area contributed by atoms with Gasteiger partial charge in [0, 0.05) is 30.7 Å². The van der Waals surface area contributed by atoms with Crippen LogP contribution in [-0.2, 0) is 13.1 Å². The average Bonchev–Trinajstić information content (AvgIpc) is 3.32. The second-order valence-corrected chi connectivity index (χ2v) is 7.17. The van der Waals surface area contributed by atoms with Crippen LogP contribution >= 0.6 is 0 Å².